The van der Waals surface area contributed by atoms with Crippen LogP contribution < -0.4 is 10.2 Å². The van der Waals surface area contributed by atoms with Gasteiger partial charge in [0.1, 0.15) is 5.69 Å². The van der Waals surface area contributed by atoms with E-state index in [-0.39, 0.29) is 0 Å². The summed E-state index contributed by atoms with van der Waals surface area (Å²) < 4.78 is 0. The Morgan fingerprint density at radius 3 is 2.79 bits per heavy atom. The van der Waals surface area contributed by atoms with Crippen LogP contribution in [0.25, 0.3) is 22.3 Å². The fourth-order valence-electron chi connectivity index (χ4n) is 4.24. The van der Waals surface area contributed by atoms with Gasteiger partial charge in [-0.1, -0.05) is 31.5 Å². The number of nitrogens with one attached hydrogen (secondary N) is 2. The van der Waals surface area contributed by atoms with Crippen molar-refractivity contribution in [3.63, 3.8) is 0 Å². The summed E-state index contributed by atoms with van der Waals surface area (Å²) in [5, 5.41) is 4.76. The molecule has 7 nitrogen and oxygen atoms in total. The molecule has 4 rings (SSSR count). The molecule has 0 aliphatic heterocycles. The number of nitrogens with zero attached hydrogens (tertiary/aromatic N) is 5. The zero-order valence-electron chi connectivity index (χ0n) is 20.5. The maximum atomic E-state index is 4.91. The minimum Gasteiger partial charge on any atom is -0.368 e. The molecule has 0 spiro atoms. The van der Waals surface area contributed by atoms with Gasteiger partial charge in [-0.25, -0.2) is 9.97 Å². The molecule has 0 bridgehead atoms. The topological polar surface area (TPSA) is 82.1 Å². The first kappa shape index (κ1) is 23.4. The van der Waals surface area contributed by atoms with E-state index in [2.05, 4.69) is 83.3 Å². The van der Waals surface area contributed by atoms with Crippen LogP contribution in [0.1, 0.15) is 37.8 Å². The van der Waals surface area contributed by atoms with E-state index in [9.17, 15) is 0 Å². The van der Waals surface area contributed by atoms with Crippen LogP contribution in [0.5, 0.6) is 0 Å². The van der Waals surface area contributed by atoms with Gasteiger partial charge in [0.2, 0.25) is 0 Å². The summed E-state index contributed by atoms with van der Waals surface area (Å²) in [6.07, 6.45) is 8.72. The number of hydrogen-bond donors (Lipinski definition) is 2. The average molecular weight is 456 g/mol. The first-order valence-electron chi connectivity index (χ1n) is 11.8. The van der Waals surface area contributed by atoms with E-state index in [1.807, 2.05) is 19.2 Å². The minimum atomic E-state index is 0.308. The molecule has 0 amide bonds. The molecule has 3 aromatic heterocycles. The molecule has 176 valence electrons. The number of H-pyrrole nitrogens is 1. The second-order valence-electron chi connectivity index (χ2n) is 8.76. The highest BCUT2D eigenvalue weighted by Gasteiger charge is 2.21. The highest BCUT2D eigenvalue weighted by molar-refractivity contribution is 5.83. The molecule has 0 saturated heterocycles. The van der Waals surface area contributed by atoms with Crippen molar-refractivity contribution >= 4 is 34.9 Å². The molecule has 7 heteroatoms. The van der Waals surface area contributed by atoms with Gasteiger partial charge in [-0.15, -0.1) is 0 Å². The molecule has 0 aliphatic carbocycles. The van der Waals surface area contributed by atoms with Crippen LogP contribution in [0.4, 0.5) is 17.3 Å². The normalized spacial score (nSPS) is 12.0. The Balaban J connectivity index is 1.68. The lowest BCUT2D eigenvalue weighted by Crippen LogP contribution is -2.30. The average Bonchev–Trinajstić information content (AvgIpc) is 3.26. The van der Waals surface area contributed by atoms with Gasteiger partial charge in [0.15, 0.2) is 17.5 Å². The number of para-hydroxylation sites is 1. The number of benzene rings is 1. The number of rotatable bonds is 10. The van der Waals surface area contributed by atoms with Gasteiger partial charge in [0.05, 0.1) is 0 Å². The molecule has 1 aromatic carbocycles. The maximum absolute atomic E-state index is 4.91. The lowest BCUT2D eigenvalue weighted by atomic mass is 10.1. The summed E-state index contributed by atoms with van der Waals surface area (Å²) >= 11 is 0. The third kappa shape index (κ3) is 4.93. The first-order valence-corrected chi connectivity index (χ1v) is 11.8. The predicted molar refractivity (Wildman–Crippen MR) is 142 cm³/mol. The van der Waals surface area contributed by atoms with Crippen LogP contribution in [-0.4, -0.2) is 46.3 Å². The van der Waals surface area contributed by atoms with Gasteiger partial charge >= 0.3 is 0 Å². The Hall–Kier alpha value is -3.74. The van der Waals surface area contributed by atoms with E-state index < -0.39 is 0 Å². The molecule has 1 atom stereocenters. The monoisotopic (exact) mass is 455 g/mol. The Kier molecular flexibility index (Phi) is 7.21. The molecule has 1 unspecified atom stereocenters. The van der Waals surface area contributed by atoms with Crippen molar-refractivity contribution in [2.75, 3.05) is 23.8 Å². The highest BCUT2D eigenvalue weighted by atomic mass is 15.2. The fraction of sp³-hybridized carbons (Fsp3) is 0.333. The quantitative estimate of drug-likeness (QED) is 0.289. The summed E-state index contributed by atoms with van der Waals surface area (Å²) in [6.45, 7) is 11.0. The fourth-order valence-corrected chi connectivity index (χ4v) is 4.24. The van der Waals surface area contributed by atoms with Crippen molar-refractivity contribution in [3.05, 3.63) is 60.0 Å². The van der Waals surface area contributed by atoms with Crippen LogP contribution in [-0.2, 0) is 6.42 Å². The molecule has 0 saturated carbocycles. The van der Waals surface area contributed by atoms with Gasteiger partial charge in [-0.2, -0.15) is 0 Å². The SMILES string of the molecule is C=Nc1c(NCCc2c[nH]c3ccccc23)nc(-c2cncc(C)c2)nc1N(C)C(C)CCC. The number of fused-ring (bicyclic) bond motifs is 1. The molecule has 3 heterocycles. The van der Waals surface area contributed by atoms with Crippen molar-refractivity contribution in [2.45, 2.75) is 46.1 Å². The predicted octanol–water partition coefficient (Wildman–Crippen LogP) is 5.94. The van der Waals surface area contributed by atoms with Crippen LogP contribution in [0.3, 0.4) is 0 Å². The molecular formula is C27H33N7. The van der Waals surface area contributed by atoms with Crippen molar-refractivity contribution in [3.8, 4) is 11.4 Å². The lowest BCUT2D eigenvalue weighted by molar-refractivity contribution is 0.611. The van der Waals surface area contributed by atoms with Gasteiger partial charge in [-0.3, -0.25) is 9.98 Å². The van der Waals surface area contributed by atoms with Crippen molar-refractivity contribution in [2.24, 2.45) is 4.99 Å². The van der Waals surface area contributed by atoms with E-state index in [0.29, 0.717) is 29.9 Å². The van der Waals surface area contributed by atoms with Crippen molar-refractivity contribution in [1.29, 1.82) is 0 Å². The summed E-state index contributed by atoms with van der Waals surface area (Å²) in [5.41, 5.74) is 5.04. The van der Waals surface area contributed by atoms with E-state index in [0.717, 1.165) is 41.7 Å². The Morgan fingerprint density at radius 2 is 2.03 bits per heavy atom. The highest BCUT2D eigenvalue weighted by Crippen LogP contribution is 2.36. The molecule has 0 aliphatic rings. The molecule has 34 heavy (non-hydrogen) atoms. The number of anilines is 2. The Morgan fingerprint density at radius 1 is 1.21 bits per heavy atom. The van der Waals surface area contributed by atoms with Gasteiger partial charge < -0.3 is 15.2 Å². The van der Waals surface area contributed by atoms with Crippen molar-refractivity contribution < 1.29 is 0 Å². The van der Waals surface area contributed by atoms with Crippen LogP contribution in [0.15, 0.2) is 53.9 Å². The maximum Gasteiger partial charge on any atom is 0.165 e. The summed E-state index contributed by atoms with van der Waals surface area (Å²) in [4.78, 5) is 24.0. The van der Waals surface area contributed by atoms with Gasteiger partial charge in [0.25, 0.3) is 0 Å². The van der Waals surface area contributed by atoms with E-state index in [1.54, 1.807) is 6.20 Å². The number of aliphatic imine (C=N–C) groups is 1. The first-order chi connectivity index (χ1) is 16.5. The Labute approximate surface area is 201 Å². The third-order valence-electron chi connectivity index (χ3n) is 6.22. The second kappa shape index (κ2) is 10.5. The second-order valence-corrected chi connectivity index (χ2v) is 8.76. The van der Waals surface area contributed by atoms with E-state index >= 15 is 0 Å². The van der Waals surface area contributed by atoms with Crippen LogP contribution in [0, 0.1) is 6.92 Å². The summed E-state index contributed by atoms with van der Waals surface area (Å²) in [6, 6.07) is 10.7. The largest absolute Gasteiger partial charge is 0.368 e. The number of pyridine rings is 1. The standard InChI is InChI=1S/C27H33N7/c1-6-9-19(3)34(5)27-24(28-4)26(32-25(33-27)21-14-18(2)15-29-16-21)30-13-12-20-17-31-23-11-8-7-10-22(20)23/h7-8,10-11,14-17,19,31H,4,6,9,12-13H2,1-3,5H3,(H,30,32,33). The smallest absolute Gasteiger partial charge is 0.165 e. The number of aromatic nitrogens is 4. The Bertz CT molecular complexity index is 1280. The number of aryl methyl sites for hydroxylation is 1. The molecular weight excluding hydrogens is 422 g/mol. The molecule has 2 N–H and O–H groups in total. The van der Waals surface area contributed by atoms with Crippen LogP contribution in [0.2, 0.25) is 0 Å². The molecule has 0 radical (unpaired) electrons. The van der Waals surface area contributed by atoms with Gasteiger partial charge in [0, 0.05) is 54.7 Å². The lowest BCUT2D eigenvalue weighted by Gasteiger charge is -2.28. The summed E-state index contributed by atoms with van der Waals surface area (Å²) in [5.74, 6) is 2.09. The summed E-state index contributed by atoms with van der Waals surface area (Å²) in [7, 11) is 2.06. The van der Waals surface area contributed by atoms with Crippen LogP contribution >= 0.6 is 0 Å². The molecule has 4 aromatic rings. The minimum absolute atomic E-state index is 0.308. The van der Waals surface area contributed by atoms with E-state index in [4.69, 9.17) is 9.97 Å². The zero-order valence-corrected chi connectivity index (χ0v) is 20.5. The zero-order chi connectivity index (χ0) is 24.1. The number of hydrogen-bond acceptors (Lipinski definition) is 6. The van der Waals surface area contributed by atoms with Gasteiger partial charge in [-0.05, 0) is 56.7 Å². The van der Waals surface area contributed by atoms with E-state index in [1.165, 1.54) is 10.9 Å². The molecule has 0 fully saturated rings. The third-order valence-corrected chi connectivity index (χ3v) is 6.22. The van der Waals surface area contributed by atoms with Crippen molar-refractivity contribution in [1.82, 2.24) is 19.9 Å². The number of aromatic amines is 1.